The van der Waals surface area contributed by atoms with E-state index in [1.165, 1.54) is 17.3 Å². The van der Waals surface area contributed by atoms with Crippen LogP contribution in [-0.2, 0) is 4.79 Å². The fraction of sp³-hybridized carbons (Fsp3) is 0.286. The van der Waals surface area contributed by atoms with Gasteiger partial charge in [-0.25, -0.2) is 4.98 Å². The third kappa shape index (κ3) is 4.57. The van der Waals surface area contributed by atoms with Gasteiger partial charge in [0.15, 0.2) is 5.82 Å². The highest BCUT2D eigenvalue weighted by Crippen LogP contribution is 2.35. The Kier molecular flexibility index (Phi) is 6.29. The first kappa shape index (κ1) is 19.2. The smallest absolute Gasteiger partial charge is 0.240 e. The van der Waals surface area contributed by atoms with Gasteiger partial charge in [0.1, 0.15) is 5.25 Å². The number of nitrogens with zero attached hydrogens (tertiary/aromatic N) is 3. The molecule has 1 amide bonds. The second kappa shape index (κ2) is 8.86. The highest BCUT2D eigenvalue weighted by molar-refractivity contribution is 8.00. The zero-order valence-corrected chi connectivity index (χ0v) is 16.7. The average molecular weight is 381 g/mol. The monoisotopic (exact) mass is 380 g/mol. The maximum absolute atomic E-state index is 13.1. The van der Waals surface area contributed by atoms with E-state index in [4.69, 9.17) is 0 Å². The summed E-state index contributed by atoms with van der Waals surface area (Å²) in [5.41, 5.74) is 3.13. The van der Waals surface area contributed by atoms with Gasteiger partial charge in [-0.2, -0.15) is 0 Å². The molecule has 0 saturated heterocycles. The number of aromatic nitrogens is 3. The highest BCUT2D eigenvalue weighted by atomic mass is 32.2. The summed E-state index contributed by atoms with van der Waals surface area (Å²) in [7, 11) is 0. The first-order chi connectivity index (χ1) is 13.1. The van der Waals surface area contributed by atoms with Crippen LogP contribution in [0.3, 0.4) is 0 Å². The van der Waals surface area contributed by atoms with Crippen LogP contribution in [0.1, 0.15) is 30.2 Å². The van der Waals surface area contributed by atoms with Gasteiger partial charge in [-0.3, -0.25) is 9.89 Å². The summed E-state index contributed by atoms with van der Waals surface area (Å²) >= 11 is 1.38. The van der Waals surface area contributed by atoms with E-state index in [-0.39, 0.29) is 11.2 Å². The minimum Gasteiger partial charge on any atom is -0.342 e. The Morgan fingerprint density at radius 3 is 2.37 bits per heavy atom. The number of carbonyl (C=O) groups is 1. The minimum absolute atomic E-state index is 0.0814. The van der Waals surface area contributed by atoms with Crippen molar-refractivity contribution in [3.05, 3.63) is 65.7 Å². The van der Waals surface area contributed by atoms with Crippen molar-refractivity contribution in [3.8, 4) is 11.4 Å². The molecule has 3 rings (SSSR count). The Hall–Kier alpha value is -2.60. The van der Waals surface area contributed by atoms with Crippen molar-refractivity contribution in [2.45, 2.75) is 31.2 Å². The molecule has 0 spiro atoms. The molecule has 27 heavy (non-hydrogen) atoms. The molecular formula is C21H24N4OS. The summed E-state index contributed by atoms with van der Waals surface area (Å²) in [4.78, 5) is 19.5. The topological polar surface area (TPSA) is 61.9 Å². The first-order valence-electron chi connectivity index (χ1n) is 9.12. The average Bonchev–Trinajstić information content (AvgIpc) is 3.17. The Morgan fingerprint density at radius 2 is 1.74 bits per heavy atom. The summed E-state index contributed by atoms with van der Waals surface area (Å²) in [6, 6.07) is 17.9. The van der Waals surface area contributed by atoms with Crippen LogP contribution in [0.2, 0.25) is 0 Å². The van der Waals surface area contributed by atoms with Gasteiger partial charge in [-0.05, 0) is 26.3 Å². The molecule has 1 aromatic heterocycles. The zero-order chi connectivity index (χ0) is 19.2. The second-order valence-corrected chi connectivity index (χ2v) is 7.32. The summed E-state index contributed by atoms with van der Waals surface area (Å²) in [6.07, 6.45) is 0. The molecule has 0 aliphatic heterocycles. The molecule has 140 valence electrons. The number of carbonyl (C=O) groups excluding carboxylic acids is 1. The number of hydrogen-bond acceptors (Lipinski definition) is 4. The van der Waals surface area contributed by atoms with E-state index in [0.717, 1.165) is 11.1 Å². The van der Waals surface area contributed by atoms with Gasteiger partial charge in [-0.1, -0.05) is 71.9 Å². The van der Waals surface area contributed by atoms with Crippen LogP contribution in [0.15, 0.2) is 59.8 Å². The summed E-state index contributed by atoms with van der Waals surface area (Å²) < 4.78 is 0. The molecule has 0 saturated carbocycles. The number of aryl methyl sites for hydroxylation is 1. The quantitative estimate of drug-likeness (QED) is 0.614. The van der Waals surface area contributed by atoms with E-state index in [2.05, 4.69) is 22.1 Å². The van der Waals surface area contributed by atoms with E-state index in [0.29, 0.717) is 24.1 Å². The Balaban J connectivity index is 1.86. The van der Waals surface area contributed by atoms with Gasteiger partial charge in [0, 0.05) is 18.7 Å². The van der Waals surface area contributed by atoms with Crippen LogP contribution in [0.5, 0.6) is 0 Å². The van der Waals surface area contributed by atoms with Crippen LogP contribution in [0.25, 0.3) is 11.4 Å². The molecule has 1 N–H and O–H groups in total. The first-order valence-corrected chi connectivity index (χ1v) is 10.00. The van der Waals surface area contributed by atoms with Crippen LogP contribution < -0.4 is 0 Å². The van der Waals surface area contributed by atoms with Crippen molar-refractivity contribution >= 4 is 17.7 Å². The van der Waals surface area contributed by atoms with Crippen molar-refractivity contribution in [1.82, 2.24) is 20.1 Å². The molecule has 0 aliphatic carbocycles. The molecule has 1 heterocycles. The van der Waals surface area contributed by atoms with Crippen molar-refractivity contribution in [2.24, 2.45) is 0 Å². The molecule has 0 fully saturated rings. The maximum atomic E-state index is 13.1. The van der Waals surface area contributed by atoms with Crippen molar-refractivity contribution in [3.63, 3.8) is 0 Å². The largest absolute Gasteiger partial charge is 0.342 e. The van der Waals surface area contributed by atoms with Crippen LogP contribution in [-0.4, -0.2) is 39.1 Å². The number of amides is 1. The normalized spacial score (nSPS) is 12.0. The van der Waals surface area contributed by atoms with Gasteiger partial charge in [0.05, 0.1) is 0 Å². The van der Waals surface area contributed by atoms with E-state index in [1.807, 2.05) is 73.3 Å². The van der Waals surface area contributed by atoms with Crippen LogP contribution >= 0.6 is 11.8 Å². The number of aromatic amines is 1. The lowest BCUT2D eigenvalue weighted by molar-refractivity contribution is -0.130. The molecule has 0 bridgehead atoms. The lowest BCUT2D eigenvalue weighted by Crippen LogP contribution is -2.33. The third-order valence-electron chi connectivity index (χ3n) is 4.41. The molecule has 0 radical (unpaired) electrons. The van der Waals surface area contributed by atoms with Crippen LogP contribution in [0.4, 0.5) is 0 Å². The fourth-order valence-electron chi connectivity index (χ4n) is 2.84. The van der Waals surface area contributed by atoms with Gasteiger partial charge < -0.3 is 4.90 Å². The van der Waals surface area contributed by atoms with Crippen molar-refractivity contribution in [1.29, 1.82) is 0 Å². The number of benzene rings is 2. The molecular weight excluding hydrogens is 356 g/mol. The zero-order valence-electron chi connectivity index (χ0n) is 15.8. The van der Waals surface area contributed by atoms with Gasteiger partial charge in [0.2, 0.25) is 11.1 Å². The molecule has 0 unspecified atom stereocenters. The van der Waals surface area contributed by atoms with E-state index >= 15 is 0 Å². The lowest BCUT2D eigenvalue weighted by Gasteiger charge is -2.24. The fourth-order valence-corrected chi connectivity index (χ4v) is 3.83. The van der Waals surface area contributed by atoms with Gasteiger partial charge in [0.25, 0.3) is 0 Å². The molecule has 3 aromatic rings. The van der Waals surface area contributed by atoms with Crippen molar-refractivity contribution < 1.29 is 4.79 Å². The third-order valence-corrected chi connectivity index (χ3v) is 5.52. The number of hydrogen-bond donors (Lipinski definition) is 1. The molecule has 2 aromatic carbocycles. The number of thioether (sulfide) groups is 1. The summed E-state index contributed by atoms with van der Waals surface area (Å²) in [5, 5.41) is 7.52. The molecule has 5 nitrogen and oxygen atoms in total. The summed E-state index contributed by atoms with van der Waals surface area (Å²) in [5.74, 6) is 0.789. The number of H-pyrrole nitrogens is 1. The highest BCUT2D eigenvalue weighted by Gasteiger charge is 2.27. The summed E-state index contributed by atoms with van der Waals surface area (Å²) in [6.45, 7) is 7.41. The van der Waals surface area contributed by atoms with Crippen molar-refractivity contribution in [2.75, 3.05) is 13.1 Å². The molecule has 6 heteroatoms. The minimum atomic E-state index is -0.368. The number of nitrogens with one attached hydrogen (secondary N) is 1. The Bertz CT molecular complexity index is 873. The maximum Gasteiger partial charge on any atom is 0.240 e. The van der Waals surface area contributed by atoms with Gasteiger partial charge >= 0.3 is 0 Å². The predicted molar refractivity (Wildman–Crippen MR) is 110 cm³/mol. The standard InChI is InChI=1S/C21H24N4OS/c1-4-25(5-2)20(26)18(16-9-7-6-8-10-16)27-21-22-19(23-24-21)17-13-11-15(3)12-14-17/h6-14,18H,4-5H2,1-3H3,(H,22,23,24)/t18-/m1/s1. The number of rotatable bonds is 7. The Morgan fingerprint density at radius 1 is 1.07 bits per heavy atom. The van der Waals surface area contributed by atoms with Gasteiger partial charge in [-0.15, -0.1) is 5.10 Å². The predicted octanol–water partition coefficient (Wildman–Crippen LogP) is 4.48. The molecule has 0 aliphatic rings. The Labute approximate surface area is 164 Å². The lowest BCUT2D eigenvalue weighted by atomic mass is 10.1. The SMILES string of the molecule is CCN(CC)C(=O)[C@H](Sc1n[nH]c(-c2ccc(C)cc2)n1)c1ccccc1. The van der Waals surface area contributed by atoms with E-state index in [1.54, 1.807) is 0 Å². The van der Waals surface area contributed by atoms with E-state index in [9.17, 15) is 4.79 Å². The van der Waals surface area contributed by atoms with E-state index < -0.39 is 0 Å². The number of likely N-dealkylation sites (N-methyl/N-ethyl adjacent to an activating group) is 1. The second-order valence-electron chi connectivity index (χ2n) is 6.25. The molecule has 1 atom stereocenters. The van der Waals surface area contributed by atoms with Crippen LogP contribution in [0, 0.1) is 6.92 Å².